The van der Waals surface area contributed by atoms with Crippen LogP contribution in [-0.4, -0.2) is 29.8 Å². The molecular formula is C13H17Cl2N3O2. The molecule has 110 valence electrons. The van der Waals surface area contributed by atoms with E-state index in [1.54, 1.807) is 0 Å². The van der Waals surface area contributed by atoms with Crippen LogP contribution in [-0.2, 0) is 4.79 Å². The van der Waals surface area contributed by atoms with Crippen LogP contribution in [0.3, 0.4) is 0 Å². The lowest BCUT2D eigenvalue weighted by atomic mass is 10.1. The van der Waals surface area contributed by atoms with E-state index in [2.05, 4.69) is 0 Å². The Morgan fingerprint density at radius 3 is 2.25 bits per heavy atom. The normalized spacial score (nSPS) is 10.3. The highest BCUT2D eigenvalue weighted by Gasteiger charge is 2.19. The second-order valence-electron chi connectivity index (χ2n) is 4.40. The number of halogens is 2. The molecule has 0 heterocycles. The van der Waals surface area contributed by atoms with Crippen molar-refractivity contribution in [3.8, 4) is 0 Å². The number of primary amides is 1. The standard InChI is InChI=1S/C13H17Cl2N3O2/c1-2-3-4-18(7-11(16)19)13(20)8-5-9(14)12(17)10(15)6-8/h5-6H,2-4,7,17H2,1H3,(H2,16,19). The molecule has 1 rings (SSSR count). The van der Waals surface area contributed by atoms with E-state index in [-0.39, 0.29) is 33.7 Å². The quantitative estimate of drug-likeness (QED) is 0.789. The van der Waals surface area contributed by atoms with Gasteiger partial charge in [0.1, 0.15) is 0 Å². The zero-order valence-corrected chi connectivity index (χ0v) is 12.7. The molecule has 0 bridgehead atoms. The Bertz CT molecular complexity index is 497. The maximum atomic E-state index is 12.4. The van der Waals surface area contributed by atoms with Gasteiger partial charge in [-0.1, -0.05) is 36.5 Å². The molecule has 0 aliphatic heterocycles. The van der Waals surface area contributed by atoms with Crippen molar-refractivity contribution < 1.29 is 9.59 Å². The number of nitrogens with zero attached hydrogens (tertiary/aromatic N) is 1. The summed E-state index contributed by atoms with van der Waals surface area (Å²) < 4.78 is 0. The van der Waals surface area contributed by atoms with Gasteiger partial charge >= 0.3 is 0 Å². The van der Waals surface area contributed by atoms with Crippen LogP contribution in [0.15, 0.2) is 12.1 Å². The van der Waals surface area contributed by atoms with Crippen molar-refractivity contribution in [1.82, 2.24) is 4.90 Å². The molecule has 0 atom stereocenters. The van der Waals surface area contributed by atoms with Gasteiger partial charge in [-0.15, -0.1) is 0 Å². The van der Waals surface area contributed by atoms with E-state index in [0.717, 1.165) is 12.8 Å². The molecule has 1 aromatic carbocycles. The number of nitrogens with two attached hydrogens (primary N) is 2. The van der Waals surface area contributed by atoms with Gasteiger partial charge in [-0.2, -0.15) is 0 Å². The fourth-order valence-corrected chi connectivity index (χ4v) is 2.17. The molecule has 0 aromatic heterocycles. The van der Waals surface area contributed by atoms with E-state index in [0.29, 0.717) is 6.54 Å². The number of hydrogen-bond donors (Lipinski definition) is 2. The minimum Gasteiger partial charge on any atom is -0.396 e. The lowest BCUT2D eigenvalue weighted by molar-refractivity contribution is -0.118. The first kappa shape index (κ1) is 16.6. The van der Waals surface area contributed by atoms with Crippen molar-refractivity contribution in [2.45, 2.75) is 19.8 Å². The number of hydrogen-bond acceptors (Lipinski definition) is 3. The SMILES string of the molecule is CCCCN(CC(N)=O)C(=O)c1cc(Cl)c(N)c(Cl)c1. The Kier molecular flexibility index (Phi) is 6.10. The van der Waals surface area contributed by atoms with Crippen LogP contribution < -0.4 is 11.5 Å². The lowest BCUT2D eigenvalue weighted by Crippen LogP contribution is -2.39. The minimum absolute atomic E-state index is 0.140. The molecule has 5 nitrogen and oxygen atoms in total. The van der Waals surface area contributed by atoms with Gasteiger partial charge in [-0.25, -0.2) is 0 Å². The fraction of sp³-hybridized carbons (Fsp3) is 0.385. The summed E-state index contributed by atoms with van der Waals surface area (Å²) >= 11 is 11.8. The lowest BCUT2D eigenvalue weighted by Gasteiger charge is -2.21. The maximum Gasteiger partial charge on any atom is 0.254 e. The Morgan fingerprint density at radius 1 is 1.25 bits per heavy atom. The Balaban J connectivity index is 3.01. The predicted molar refractivity (Wildman–Crippen MR) is 80.9 cm³/mol. The monoisotopic (exact) mass is 317 g/mol. The smallest absolute Gasteiger partial charge is 0.254 e. The van der Waals surface area contributed by atoms with Crippen LogP contribution >= 0.6 is 23.2 Å². The number of benzene rings is 1. The van der Waals surface area contributed by atoms with Crippen molar-refractivity contribution in [1.29, 1.82) is 0 Å². The van der Waals surface area contributed by atoms with Crippen LogP contribution in [0.4, 0.5) is 5.69 Å². The van der Waals surface area contributed by atoms with Gasteiger partial charge in [-0.3, -0.25) is 9.59 Å². The summed E-state index contributed by atoms with van der Waals surface area (Å²) in [5.41, 5.74) is 11.3. The summed E-state index contributed by atoms with van der Waals surface area (Å²) in [6, 6.07) is 2.87. The van der Waals surface area contributed by atoms with Crippen molar-refractivity contribution in [3.05, 3.63) is 27.7 Å². The molecule has 0 aliphatic rings. The topological polar surface area (TPSA) is 89.4 Å². The third-order valence-electron chi connectivity index (χ3n) is 2.74. The summed E-state index contributed by atoms with van der Waals surface area (Å²) in [7, 11) is 0. The number of rotatable bonds is 6. The van der Waals surface area contributed by atoms with Crippen LogP contribution in [0.25, 0.3) is 0 Å². The van der Waals surface area contributed by atoms with Crippen LogP contribution in [0.2, 0.25) is 10.0 Å². The Labute approximate surface area is 127 Å². The summed E-state index contributed by atoms with van der Waals surface area (Å²) in [5, 5.41) is 0.408. The number of carbonyl (C=O) groups is 2. The summed E-state index contributed by atoms with van der Waals surface area (Å²) in [5.74, 6) is -0.914. The molecule has 0 radical (unpaired) electrons. The van der Waals surface area contributed by atoms with Crippen molar-refractivity contribution in [2.75, 3.05) is 18.8 Å². The van der Waals surface area contributed by atoms with Gasteiger partial charge in [0.15, 0.2) is 0 Å². The van der Waals surface area contributed by atoms with Gasteiger partial charge in [-0.05, 0) is 18.6 Å². The van der Waals surface area contributed by atoms with Gasteiger partial charge < -0.3 is 16.4 Å². The highest BCUT2D eigenvalue weighted by atomic mass is 35.5. The largest absolute Gasteiger partial charge is 0.396 e. The van der Waals surface area contributed by atoms with Gasteiger partial charge in [0.05, 0.1) is 22.3 Å². The molecule has 0 fully saturated rings. The molecule has 0 saturated heterocycles. The predicted octanol–water partition coefficient (Wildman–Crippen LogP) is 2.30. The van der Waals surface area contributed by atoms with E-state index >= 15 is 0 Å². The minimum atomic E-state index is -0.568. The molecular weight excluding hydrogens is 301 g/mol. The Morgan fingerprint density at radius 2 is 1.80 bits per heavy atom. The average molecular weight is 318 g/mol. The maximum absolute atomic E-state index is 12.4. The highest BCUT2D eigenvalue weighted by molar-refractivity contribution is 6.39. The second kappa shape index (κ2) is 7.36. The van der Waals surface area contributed by atoms with Crippen molar-refractivity contribution >= 4 is 40.7 Å². The molecule has 0 unspecified atom stereocenters. The van der Waals surface area contributed by atoms with E-state index in [9.17, 15) is 9.59 Å². The second-order valence-corrected chi connectivity index (χ2v) is 5.21. The summed E-state index contributed by atoms with van der Waals surface area (Å²) in [6.07, 6.45) is 1.67. The van der Waals surface area contributed by atoms with Gasteiger partial charge in [0.25, 0.3) is 5.91 Å². The molecule has 0 saturated carbocycles. The number of amides is 2. The highest BCUT2D eigenvalue weighted by Crippen LogP contribution is 2.29. The summed E-state index contributed by atoms with van der Waals surface area (Å²) in [4.78, 5) is 24.8. The number of carbonyl (C=O) groups excluding carboxylic acids is 2. The number of anilines is 1. The zero-order chi connectivity index (χ0) is 15.3. The molecule has 1 aromatic rings. The third kappa shape index (κ3) is 4.28. The number of unbranched alkanes of at least 4 members (excludes halogenated alkanes) is 1. The van der Waals surface area contributed by atoms with E-state index in [1.165, 1.54) is 17.0 Å². The Hall–Kier alpha value is -1.46. The molecule has 2 amide bonds. The van der Waals surface area contributed by atoms with E-state index in [1.807, 2.05) is 6.92 Å². The van der Waals surface area contributed by atoms with Crippen LogP contribution in [0.5, 0.6) is 0 Å². The average Bonchev–Trinajstić information content (AvgIpc) is 2.39. The molecule has 0 spiro atoms. The van der Waals surface area contributed by atoms with E-state index in [4.69, 9.17) is 34.7 Å². The molecule has 0 aliphatic carbocycles. The van der Waals surface area contributed by atoms with Gasteiger partial charge in [0, 0.05) is 12.1 Å². The zero-order valence-electron chi connectivity index (χ0n) is 11.2. The summed E-state index contributed by atoms with van der Waals surface area (Å²) in [6.45, 7) is 2.29. The third-order valence-corrected chi connectivity index (χ3v) is 3.37. The fourth-order valence-electron chi connectivity index (χ4n) is 1.68. The molecule has 20 heavy (non-hydrogen) atoms. The van der Waals surface area contributed by atoms with E-state index < -0.39 is 5.91 Å². The van der Waals surface area contributed by atoms with Crippen molar-refractivity contribution in [3.63, 3.8) is 0 Å². The number of nitrogen functional groups attached to an aromatic ring is 1. The van der Waals surface area contributed by atoms with Gasteiger partial charge in [0.2, 0.25) is 5.91 Å². The first-order chi connectivity index (χ1) is 9.36. The first-order valence-electron chi connectivity index (χ1n) is 6.18. The molecule has 4 N–H and O–H groups in total. The first-order valence-corrected chi connectivity index (χ1v) is 6.94. The van der Waals surface area contributed by atoms with Crippen LogP contribution in [0, 0.1) is 0 Å². The van der Waals surface area contributed by atoms with Crippen LogP contribution in [0.1, 0.15) is 30.1 Å². The van der Waals surface area contributed by atoms with Crippen molar-refractivity contribution in [2.24, 2.45) is 5.73 Å². The molecule has 7 heteroatoms.